The Labute approximate surface area is 207 Å². The monoisotopic (exact) mass is 506 g/mol. The van der Waals surface area contributed by atoms with Gasteiger partial charge in [-0.05, 0) is 35.9 Å². The molecule has 9 heteroatoms. The van der Waals surface area contributed by atoms with Crippen molar-refractivity contribution in [2.75, 3.05) is 36.8 Å². The Hall–Kier alpha value is -2.74. The number of piperazine rings is 1. The molecule has 2 heterocycles. The van der Waals surface area contributed by atoms with E-state index in [-0.39, 0.29) is 12.4 Å². The molecule has 0 spiro atoms. The lowest BCUT2D eigenvalue weighted by atomic mass is 10.1. The summed E-state index contributed by atoms with van der Waals surface area (Å²) in [5.74, 6) is 0.998. The van der Waals surface area contributed by atoms with E-state index < -0.39 is 11.7 Å². The van der Waals surface area contributed by atoms with Crippen LogP contribution in [0.1, 0.15) is 16.7 Å². The highest BCUT2D eigenvalue weighted by molar-refractivity contribution is 6.31. The van der Waals surface area contributed by atoms with Gasteiger partial charge in [0.2, 0.25) is 0 Å². The van der Waals surface area contributed by atoms with Crippen molar-refractivity contribution in [3.05, 3.63) is 88.4 Å². The Balaban J connectivity index is 0.00000274. The van der Waals surface area contributed by atoms with Crippen molar-refractivity contribution in [1.82, 2.24) is 4.90 Å². The van der Waals surface area contributed by atoms with Crippen LogP contribution in [-0.2, 0) is 12.7 Å². The molecule has 3 aromatic carbocycles. The number of amidine groups is 1. The normalized spacial score (nSPS) is 15.9. The van der Waals surface area contributed by atoms with Gasteiger partial charge in [0.1, 0.15) is 5.69 Å². The summed E-state index contributed by atoms with van der Waals surface area (Å²) in [6, 6.07) is 19.4. The lowest BCUT2D eigenvalue weighted by Crippen LogP contribution is -3.00. The second-order valence-corrected chi connectivity index (χ2v) is 8.73. The Morgan fingerprint density at radius 1 is 0.853 bits per heavy atom. The van der Waals surface area contributed by atoms with Gasteiger partial charge in [-0.1, -0.05) is 41.9 Å². The van der Waals surface area contributed by atoms with E-state index in [0.717, 1.165) is 60.7 Å². The van der Waals surface area contributed by atoms with Crippen LogP contribution in [0.15, 0.2) is 66.7 Å². The largest absolute Gasteiger partial charge is 1.00 e. The molecule has 5 rings (SSSR count). The molecule has 0 bridgehead atoms. The molecule has 0 aromatic heterocycles. The van der Waals surface area contributed by atoms with Crippen molar-refractivity contribution in [2.24, 2.45) is 0 Å². The maximum atomic E-state index is 13.0. The highest BCUT2D eigenvalue weighted by Gasteiger charge is 2.31. The van der Waals surface area contributed by atoms with Crippen molar-refractivity contribution in [3.8, 4) is 0 Å². The highest BCUT2D eigenvalue weighted by atomic mass is 35.5. The van der Waals surface area contributed by atoms with E-state index >= 15 is 0 Å². The summed E-state index contributed by atoms with van der Waals surface area (Å²) in [4.78, 5) is 2.19. The molecular formula is C25H23Cl2F3N4. The van der Waals surface area contributed by atoms with Gasteiger partial charge < -0.3 is 17.7 Å². The number of anilines is 3. The van der Waals surface area contributed by atoms with E-state index in [0.29, 0.717) is 17.1 Å². The first-order valence-corrected chi connectivity index (χ1v) is 11.2. The molecule has 34 heavy (non-hydrogen) atoms. The molecule has 0 aliphatic carbocycles. The van der Waals surface area contributed by atoms with Gasteiger partial charge in [-0.2, -0.15) is 13.2 Å². The summed E-state index contributed by atoms with van der Waals surface area (Å²) in [6.07, 6.45) is -4.32. The van der Waals surface area contributed by atoms with Gasteiger partial charge in [-0.3, -0.25) is 9.48 Å². The number of benzene rings is 3. The number of hydrogen-bond acceptors (Lipinski definition) is 2. The Morgan fingerprint density at radius 3 is 2.38 bits per heavy atom. The summed E-state index contributed by atoms with van der Waals surface area (Å²) in [5.41, 5.74) is 4.00. The quantitative estimate of drug-likeness (QED) is 0.524. The van der Waals surface area contributed by atoms with E-state index in [1.165, 1.54) is 12.1 Å². The number of halogens is 5. The Morgan fingerprint density at radius 2 is 1.62 bits per heavy atom. The van der Waals surface area contributed by atoms with E-state index in [1.807, 2.05) is 36.4 Å². The summed E-state index contributed by atoms with van der Waals surface area (Å²) in [6.45, 7) is 3.51. The van der Waals surface area contributed by atoms with Crippen LogP contribution >= 0.6 is 11.6 Å². The molecule has 178 valence electrons. The fourth-order valence-electron chi connectivity index (χ4n) is 4.35. The van der Waals surface area contributed by atoms with Gasteiger partial charge in [0.15, 0.2) is 0 Å². The van der Waals surface area contributed by atoms with Crippen molar-refractivity contribution in [1.29, 1.82) is 0 Å². The third kappa shape index (κ3) is 5.17. The number of fused-ring (bicyclic) bond motifs is 2. The zero-order valence-electron chi connectivity index (χ0n) is 18.2. The second kappa shape index (κ2) is 9.86. The topological polar surface area (TPSA) is 30.3 Å². The van der Waals surface area contributed by atoms with Crippen LogP contribution < -0.4 is 23.0 Å². The summed E-state index contributed by atoms with van der Waals surface area (Å²) in [7, 11) is 0. The van der Waals surface area contributed by atoms with Crippen LogP contribution in [0.25, 0.3) is 0 Å². The van der Waals surface area contributed by atoms with Crippen LogP contribution in [0.4, 0.5) is 30.2 Å². The van der Waals surface area contributed by atoms with Crippen LogP contribution in [0.5, 0.6) is 0 Å². The number of hydrogen-bond donors (Lipinski definition) is 2. The smallest absolute Gasteiger partial charge is 0.416 e. The van der Waals surface area contributed by atoms with Crippen LogP contribution in [0.3, 0.4) is 0 Å². The van der Waals surface area contributed by atoms with Gasteiger partial charge in [-0.15, -0.1) is 0 Å². The predicted octanol–water partition coefficient (Wildman–Crippen LogP) is 2.81. The zero-order chi connectivity index (χ0) is 23.0. The van der Waals surface area contributed by atoms with Gasteiger partial charge in [0, 0.05) is 30.7 Å². The summed E-state index contributed by atoms with van der Waals surface area (Å²) < 4.78 is 41.4. The molecule has 0 amide bonds. The lowest BCUT2D eigenvalue weighted by molar-refractivity contribution is -0.539. The first-order valence-electron chi connectivity index (χ1n) is 10.8. The number of nitrogens with one attached hydrogen (secondary N) is 2. The standard InChI is InChI=1S/C25H22ClF3N4.ClH/c26-19-8-9-22-23(15-19)31-24(20-6-1-2-7-21(20)30-22)33-12-10-32(11-13-33)16-17-4-3-5-18(14-17)25(27,28)29;/h1-9,14-15H,10-13,16H2,(H,30,31);1H. The first kappa shape index (κ1) is 24.4. The molecule has 0 radical (unpaired) electrons. The Bertz CT molecular complexity index is 1220. The maximum absolute atomic E-state index is 13.0. The van der Waals surface area contributed by atoms with E-state index in [9.17, 15) is 13.2 Å². The third-order valence-electron chi connectivity index (χ3n) is 6.04. The average Bonchev–Trinajstić information content (AvgIpc) is 2.96. The van der Waals surface area contributed by atoms with Gasteiger partial charge >= 0.3 is 6.18 Å². The minimum absolute atomic E-state index is 0. The average molecular weight is 507 g/mol. The van der Waals surface area contributed by atoms with E-state index in [4.69, 9.17) is 11.6 Å². The zero-order valence-corrected chi connectivity index (χ0v) is 19.7. The molecule has 0 saturated carbocycles. The summed E-state index contributed by atoms with van der Waals surface area (Å²) in [5, 5.41) is 7.71. The van der Waals surface area contributed by atoms with Crippen LogP contribution in [0, 0.1) is 0 Å². The first-order chi connectivity index (χ1) is 15.9. The number of nitrogens with zero attached hydrogens (tertiary/aromatic N) is 2. The third-order valence-corrected chi connectivity index (χ3v) is 6.27. The molecule has 2 N–H and O–H groups in total. The van der Waals surface area contributed by atoms with Gasteiger partial charge in [-0.25, -0.2) is 5.32 Å². The molecule has 0 atom stereocenters. The minimum Gasteiger partial charge on any atom is -1.00 e. The fourth-order valence-corrected chi connectivity index (χ4v) is 4.52. The highest BCUT2D eigenvalue weighted by Crippen LogP contribution is 2.34. The molecule has 0 unspecified atom stereocenters. The number of alkyl halides is 3. The number of para-hydroxylation sites is 1. The number of rotatable bonds is 2. The van der Waals surface area contributed by atoms with Crippen molar-refractivity contribution in [2.45, 2.75) is 12.7 Å². The molecule has 4 nitrogen and oxygen atoms in total. The minimum atomic E-state index is -4.32. The predicted molar refractivity (Wildman–Crippen MR) is 126 cm³/mol. The molecule has 3 aromatic rings. The van der Waals surface area contributed by atoms with Crippen LogP contribution in [-0.4, -0.2) is 41.5 Å². The van der Waals surface area contributed by atoms with Crippen molar-refractivity contribution >= 4 is 34.5 Å². The molecule has 2 aliphatic rings. The van der Waals surface area contributed by atoms with Gasteiger partial charge in [0.25, 0.3) is 5.84 Å². The fraction of sp³-hybridized carbons (Fsp3) is 0.240. The SMILES string of the molecule is FC(F)(F)c1cccc(CN2CC[N+](=C3Nc4cc(Cl)ccc4Nc4ccccc43)CC2)c1.[Cl-]. The lowest BCUT2D eigenvalue weighted by Gasteiger charge is -2.28. The molecule has 1 saturated heterocycles. The maximum Gasteiger partial charge on any atom is 0.416 e. The van der Waals surface area contributed by atoms with Crippen molar-refractivity contribution < 1.29 is 30.2 Å². The van der Waals surface area contributed by atoms with E-state index in [2.05, 4.69) is 26.2 Å². The van der Waals surface area contributed by atoms with E-state index in [1.54, 1.807) is 6.07 Å². The summed E-state index contributed by atoms with van der Waals surface area (Å²) >= 11 is 6.24. The van der Waals surface area contributed by atoms with Crippen molar-refractivity contribution in [3.63, 3.8) is 0 Å². The molecule has 1 fully saturated rings. The van der Waals surface area contributed by atoms with Crippen LogP contribution in [0.2, 0.25) is 5.02 Å². The molecular weight excluding hydrogens is 484 g/mol. The molecule has 2 aliphatic heterocycles. The van der Waals surface area contributed by atoms with Gasteiger partial charge in [0.05, 0.1) is 35.6 Å². The second-order valence-electron chi connectivity index (χ2n) is 8.30. The Kier molecular flexibility index (Phi) is 7.07.